The van der Waals surface area contributed by atoms with E-state index in [1.165, 1.54) is 17.0 Å². The predicted octanol–water partition coefficient (Wildman–Crippen LogP) is 4.74. The van der Waals surface area contributed by atoms with Crippen LogP contribution in [0.25, 0.3) is 11.5 Å². The van der Waals surface area contributed by atoms with Gasteiger partial charge in [-0.05, 0) is 41.8 Å². The number of rotatable bonds is 6. The van der Waals surface area contributed by atoms with Gasteiger partial charge in [0.1, 0.15) is 12.1 Å². The molecule has 0 radical (unpaired) electrons. The Morgan fingerprint density at radius 3 is 2.68 bits per heavy atom. The molecule has 5 nitrogen and oxygen atoms in total. The van der Waals surface area contributed by atoms with Gasteiger partial charge in [0, 0.05) is 10.6 Å². The summed E-state index contributed by atoms with van der Waals surface area (Å²) in [6.07, 6.45) is 3.11. The molecule has 0 amide bonds. The molecule has 0 N–H and O–H groups in total. The van der Waals surface area contributed by atoms with Crippen molar-refractivity contribution in [1.29, 1.82) is 0 Å². The molecule has 126 valence electrons. The first-order chi connectivity index (χ1) is 12.3. The second-order valence-electron chi connectivity index (χ2n) is 5.44. The van der Waals surface area contributed by atoms with Crippen LogP contribution in [0.3, 0.4) is 0 Å². The van der Waals surface area contributed by atoms with Gasteiger partial charge in [-0.25, -0.2) is 4.39 Å². The highest BCUT2D eigenvalue weighted by atomic mass is 32.1. The van der Waals surface area contributed by atoms with Crippen LogP contribution in [-0.4, -0.2) is 10.1 Å². The van der Waals surface area contributed by atoms with E-state index in [0.717, 1.165) is 11.3 Å². The molecule has 0 unspecified atom stereocenters. The number of anilines is 1. The van der Waals surface area contributed by atoms with Crippen molar-refractivity contribution >= 4 is 17.0 Å². The Morgan fingerprint density at radius 2 is 1.96 bits per heavy atom. The standard InChI is InChI=1S/C18H14FN3O2S/c19-14-3-5-15(6-4-14)22(10-16-2-1-9-25-16)11-17-20-18(24-21-17)13-7-8-23-12-13/h1-9,12H,10-11H2. The maximum Gasteiger partial charge on any atom is 0.261 e. The Labute approximate surface area is 147 Å². The molecular weight excluding hydrogens is 341 g/mol. The molecule has 0 bridgehead atoms. The average molecular weight is 355 g/mol. The summed E-state index contributed by atoms with van der Waals surface area (Å²) in [5.41, 5.74) is 1.63. The maximum absolute atomic E-state index is 13.2. The van der Waals surface area contributed by atoms with E-state index in [1.54, 1.807) is 42.1 Å². The lowest BCUT2D eigenvalue weighted by atomic mass is 10.2. The van der Waals surface area contributed by atoms with Gasteiger partial charge in [0.2, 0.25) is 0 Å². The minimum Gasteiger partial charge on any atom is -0.472 e. The van der Waals surface area contributed by atoms with Gasteiger partial charge in [-0.2, -0.15) is 4.98 Å². The van der Waals surface area contributed by atoms with E-state index >= 15 is 0 Å². The Bertz CT molecular complexity index is 918. The summed E-state index contributed by atoms with van der Waals surface area (Å²) in [6, 6.07) is 12.2. The molecule has 4 aromatic rings. The van der Waals surface area contributed by atoms with E-state index in [4.69, 9.17) is 8.94 Å². The van der Waals surface area contributed by atoms with Gasteiger partial charge >= 0.3 is 0 Å². The topological polar surface area (TPSA) is 55.3 Å². The zero-order valence-electron chi connectivity index (χ0n) is 13.1. The molecule has 1 aromatic carbocycles. The Balaban J connectivity index is 1.58. The quantitative estimate of drug-likeness (QED) is 0.500. The highest BCUT2D eigenvalue weighted by molar-refractivity contribution is 7.09. The van der Waals surface area contributed by atoms with E-state index in [9.17, 15) is 4.39 Å². The van der Waals surface area contributed by atoms with E-state index in [1.807, 2.05) is 11.4 Å². The molecule has 3 heterocycles. The van der Waals surface area contributed by atoms with Crippen molar-refractivity contribution in [3.63, 3.8) is 0 Å². The van der Waals surface area contributed by atoms with Gasteiger partial charge in [-0.3, -0.25) is 0 Å². The molecule has 0 fully saturated rings. The number of aromatic nitrogens is 2. The third-order valence-corrected chi connectivity index (χ3v) is 4.55. The number of hydrogen-bond acceptors (Lipinski definition) is 6. The fraction of sp³-hybridized carbons (Fsp3) is 0.111. The highest BCUT2D eigenvalue weighted by Gasteiger charge is 2.15. The van der Waals surface area contributed by atoms with Crippen LogP contribution < -0.4 is 4.90 Å². The van der Waals surface area contributed by atoms with Crippen LogP contribution in [-0.2, 0) is 13.1 Å². The lowest BCUT2D eigenvalue weighted by Crippen LogP contribution is -2.22. The predicted molar refractivity (Wildman–Crippen MR) is 92.6 cm³/mol. The summed E-state index contributed by atoms with van der Waals surface area (Å²) >= 11 is 1.67. The van der Waals surface area contributed by atoms with Crippen molar-refractivity contribution < 1.29 is 13.3 Å². The average Bonchev–Trinajstić information content (AvgIpc) is 3.37. The fourth-order valence-corrected chi connectivity index (χ4v) is 3.19. The van der Waals surface area contributed by atoms with Crippen molar-refractivity contribution in [1.82, 2.24) is 10.1 Å². The Hall–Kier alpha value is -2.93. The highest BCUT2D eigenvalue weighted by Crippen LogP contribution is 2.23. The lowest BCUT2D eigenvalue weighted by Gasteiger charge is -2.22. The van der Waals surface area contributed by atoms with Crippen molar-refractivity contribution in [2.45, 2.75) is 13.1 Å². The van der Waals surface area contributed by atoms with Gasteiger partial charge in [-0.15, -0.1) is 11.3 Å². The number of thiophene rings is 1. The largest absolute Gasteiger partial charge is 0.472 e. The van der Waals surface area contributed by atoms with Gasteiger partial charge in [0.15, 0.2) is 5.82 Å². The molecule has 0 atom stereocenters. The Kier molecular flexibility index (Phi) is 4.30. The van der Waals surface area contributed by atoms with Crippen molar-refractivity contribution in [2.24, 2.45) is 0 Å². The molecule has 7 heteroatoms. The molecule has 0 aliphatic rings. The van der Waals surface area contributed by atoms with E-state index in [0.29, 0.717) is 24.8 Å². The van der Waals surface area contributed by atoms with Crippen molar-refractivity contribution in [3.8, 4) is 11.5 Å². The van der Waals surface area contributed by atoms with Crippen LogP contribution >= 0.6 is 11.3 Å². The molecule has 4 rings (SSSR count). The maximum atomic E-state index is 13.2. The smallest absolute Gasteiger partial charge is 0.261 e. The van der Waals surface area contributed by atoms with Crippen molar-refractivity contribution in [3.05, 3.63) is 76.9 Å². The SMILES string of the molecule is Fc1ccc(N(Cc2noc(-c3ccoc3)n2)Cc2cccs2)cc1. The zero-order chi connectivity index (χ0) is 17.1. The lowest BCUT2D eigenvalue weighted by molar-refractivity contribution is 0.421. The number of benzene rings is 1. The Morgan fingerprint density at radius 1 is 1.08 bits per heavy atom. The van der Waals surface area contributed by atoms with Gasteiger partial charge in [0.25, 0.3) is 5.89 Å². The fourth-order valence-electron chi connectivity index (χ4n) is 2.47. The first-order valence-corrected chi connectivity index (χ1v) is 8.54. The summed E-state index contributed by atoms with van der Waals surface area (Å²) in [5.74, 6) is 0.706. The minimum atomic E-state index is -0.262. The first kappa shape index (κ1) is 15.6. The minimum absolute atomic E-state index is 0.262. The molecule has 0 aliphatic carbocycles. The first-order valence-electron chi connectivity index (χ1n) is 7.66. The van der Waals surface area contributed by atoms with Crippen LogP contribution in [0.2, 0.25) is 0 Å². The molecule has 0 spiro atoms. The number of nitrogens with zero attached hydrogens (tertiary/aromatic N) is 3. The van der Waals surface area contributed by atoms with Gasteiger partial charge in [-0.1, -0.05) is 11.2 Å². The van der Waals surface area contributed by atoms with Crippen LogP contribution in [0.15, 0.2) is 69.3 Å². The number of halogens is 1. The number of furan rings is 1. The van der Waals surface area contributed by atoms with Crippen LogP contribution in [0.1, 0.15) is 10.7 Å². The second-order valence-corrected chi connectivity index (χ2v) is 6.47. The molecule has 0 aliphatic heterocycles. The molecular formula is C18H14FN3O2S. The molecule has 0 saturated heterocycles. The second kappa shape index (κ2) is 6.90. The van der Waals surface area contributed by atoms with Gasteiger partial charge < -0.3 is 13.8 Å². The van der Waals surface area contributed by atoms with Crippen LogP contribution in [0.4, 0.5) is 10.1 Å². The normalized spacial score (nSPS) is 10.9. The van der Waals surface area contributed by atoms with Gasteiger partial charge in [0.05, 0.1) is 24.9 Å². The van der Waals surface area contributed by atoms with Crippen LogP contribution in [0.5, 0.6) is 0 Å². The van der Waals surface area contributed by atoms with E-state index in [2.05, 4.69) is 21.1 Å². The molecule has 0 saturated carbocycles. The van der Waals surface area contributed by atoms with Crippen LogP contribution in [0, 0.1) is 5.82 Å². The summed E-state index contributed by atoms with van der Waals surface area (Å²) in [5, 5.41) is 6.08. The summed E-state index contributed by atoms with van der Waals surface area (Å²) in [7, 11) is 0. The monoisotopic (exact) mass is 355 g/mol. The summed E-state index contributed by atoms with van der Waals surface area (Å²) < 4.78 is 23.6. The summed E-state index contributed by atoms with van der Waals surface area (Å²) in [4.78, 5) is 7.69. The van der Waals surface area contributed by atoms with Crippen molar-refractivity contribution in [2.75, 3.05) is 4.90 Å². The van der Waals surface area contributed by atoms with E-state index in [-0.39, 0.29) is 5.82 Å². The third-order valence-electron chi connectivity index (χ3n) is 3.69. The summed E-state index contributed by atoms with van der Waals surface area (Å²) in [6.45, 7) is 1.13. The van der Waals surface area contributed by atoms with E-state index < -0.39 is 0 Å². The molecule has 3 aromatic heterocycles. The number of hydrogen-bond donors (Lipinski definition) is 0. The third kappa shape index (κ3) is 3.61. The molecule has 25 heavy (non-hydrogen) atoms. The zero-order valence-corrected chi connectivity index (χ0v) is 13.9.